The number of nitrogens with two attached hydrogens (primary N) is 1. The topological polar surface area (TPSA) is 79.0 Å². The molecule has 5 rings (SSSR count). The van der Waals surface area contributed by atoms with E-state index >= 15 is 0 Å². The Labute approximate surface area is 196 Å². The van der Waals surface area contributed by atoms with Gasteiger partial charge in [-0.05, 0) is 68.2 Å². The Bertz CT molecular complexity index is 979. The van der Waals surface area contributed by atoms with E-state index in [0.717, 1.165) is 56.3 Å². The summed E-state index contributed by atoms with van der Waals surface area (Å²) in [6.07, 6.45) is 5.93. The van der Waals surface area contributed by atoms with Crippen LogP contribution in [-0.4, -0.2) is 52.3 Å². The number of hydrogen-bond acceptors (Lipinski definition) is 4. The quantitative estimate of drug-likeness (QED) is 0.698. The number of benzene rings is 2. The second kappa shape index (κ2) is 8.33. The number of nitrogens with zero attached hydrogens (tertiary/aromatic N) is 2. The molecule has 1 saturated heterocycles. The first-order chi connectivity index (χ1) is 15.8. The number of rotatable bonds is 6. The third-order valence-electron chi connectivity index (χ3n) is 8.25. The number of urea groups is 1. The monoisotopic (exact) mass is 449 g/mol. The van der Waals surface area contributed by atoms with Crippen LogP contribution in [0.25, 0.3) is 0 Å². The molecule has 2 amide bonds. The van der Waals surface area contributed by atoms with Crippen LogP contribution in [0.15, 0.2) is 54.6 Å². The molecule has 6 nitrogen and oxygen atoms in total. The molecule has 2 aromatic carbocycles. The van der Waals surface area contributed by atoms with Gasteiger partial charge in [-0.3, -0.25) is 0 Å². The van der Waals surface area contributed by atoms with E-state index in [2.05, 4.69) is 12.1 Å². The Balaban J connectivity index is 1.37. The molecule has 1 heterocycles. The lowest BCUT2D eigenvalue weighted by Gasteiger charge is -2.49. The summed E-state index contributed by atoms with van der Waals surface area (Å²) in [7, 11) is 1.65. The predicted octanol–water partition coefficient (Wildman–Crippen LogP) is 4.01. The standard InChI is InChI=1S/C27H35N3O3/c1-33-23-10-8-21(9-11-23)18-29-19-25(30(24(29)31)20-26(32)12-5-13-26)14-16-27(28,17-15-25)22-6-3-2-4-7-22/h2-4,6-11,32H,5,12-20,28H2,1H3/t25-,27-. The molecule has 0 aromatic heterocycles. The van der Waals surface area contributed by atoms with E-state index in [1.54, 1.807) is 7.11 Å². The highest BCUT2D eigenvalue weighted by atomic mass is 16.5. The molecule has 6 heteroatoms. The van der Waals surface area contributed by atoms with Crippen molar-refractivity contribution in [1.82, 2.24) is 9.80 Å². The van der Waals surface area contributed by atoms with Crippen LogP contribution in [0.3, 0.4) is 0 Å². The van der Waals surface area contributed by atoms with Crippen LogP contribution in [0.5, 0.6) is 5.75 Å². The fourth-order valence-corrected chi connectivity index (χ4v) is 5.88. The highest BCUT2D eigenvalue weighted by molar-refractivity contribution is 5.78. The molecule has 1 aliphatic heterocycles. The minimum absolute atomic E-state index is 0.0374. The van der Waals surface area contributed by atoms with E-state index in [0.29, 0.717) is 19.6 Å². The van der Waals surface area contributed by atoms with E-state index in [-0.39, 0.29) is 17.1 Å². The van der Waals surface area contributed by atoms with Crippen LogP contribution in [0.2, 0.25) is 0 Å². The largest absolute Gasteiger partial charge is 0.497 e. The maximum Gasteiger partial charge on any atom is 0.321 e. The van der Waals surface area contributed by atoms with Gasteiger partial charge in [0.1, 0.15) is 5.75 Å². The first kappa shape index (κ1) is 22.2. The van der Waals surface area contributed by atoms with Crippen molar-refractivity contribution in [3.8, 4) is 5.75 Å². The second-order valence-corrected chi connectivity index (χ2v) is 10.4. The number of carbonyl (C=O) groups is 1. The van der Waals surface area contributed by atoms with Crippen LogP contribution in [-0.2, 0) is 12.1 Å². The molecule has 0 bridgehead atoms. The van der Waals surface area contributed by atoms with Gasteiger partial charge in [-0.1, -0.05) is 42.5 Å². The molecule has 33 heavy (non-hydrogen) atoms. The van der Waals surface area contributed by atoms with Gasteiger partial charge in [0, 0.05) is 18.6 Å². The number of carbonyl (C=O) groups excluding carboxylic acids is 1. The van der Waals surface area contributed by atoms with Crippen LogP contribution in [0.1, 0.15) is 56.1 Å². The summed E-state index contributed by atoms with van der Waals surface area (Å²) < 4.78 is 5.27. The van der Waals surface area contributed by atoms with Crippen molar-refractivity contribution in [2.24, 2.45) is 5.73 Å². The number of aliphatic hydroxyl groups is 1. The molecule has 0 radical (unpaired) electrons. The lowest BCUT2D eigenvalue weighted by molar-refractivity contribution is -0.0683. The molecular weight excluding hydrogens is 414 g/mol. The third kappa shape index (κ3) is 4.11. The highest BCUT2D eigenvalue weighted by Crippen LogP contribution is 2.47. The zero-order chi connectivity index (χ0) is 23.1. The molecule has 0 atom stereocenters. The first-order valence-corrected chi connectivity index (χ1v) is 12.1. The summed E-state index contributed by atoms with van der Waals surface area (Å²) in [6.45, 7) is 1.67. The number of β-amino-alcohol motifs (C(OH)–C–C–N with tert-alkyl or cyclic N) is 1. The SMILES string of the molecule is COc1ccc(CN2C[C@]3(CC[C@](N)(c4ccccc4)CC3)N(CC3(O)CCC3)C2=O)cc1. The van der Waals surface area contributed by atoms with Gasteiger partial charge < -0.3 is 25.4 Å². The van der Waals surface area contributed by atoms with Crippen molar-refractivity contribution in [2.45, 2.75) is 68.2 Å². The predicted molar refractivity (Wildman–Crippen MR) is 128 cm³/mol. The van der Waals surface area contributed by atoms with Gasteiger partial charge in [0.25, 0.3) is 0 Å². The van der Waals surface area contributed by atoms with Crippen molar-refractivity contribution in [3.05, 3.63) is 65.7 Å². The molecular formula is C27H35N3O3. The van der Waals surface area contributed by atoms with Crippen LogP contribution in [0.4, 0.5) is 4.79 Å². The molecule has 3 aliphatic rings. The third-order valence-corrected chi connectivity index (χ3v) is 8.25. The average molecular weight is 450 g/mol. The molecule has 0 unspecified atom stereocenters. The van der Waals surface area contributed by atoms with E-state index in [9.17, 15) is 9.90 Å². The molecule has 176 valence electrons. The fraction of sp³-hybridized carbons (Fsp3) is 0.519. The summed E-state index contributed by atoms with van der Waals surface area (Å²) >= 11 is 0. The number of hydrogen-bond donors (Lipinski definition) is 2. The molecule has 1 spiro atoms. The van der Waals surface area contributed by atoms with Crippen LogP contribution in [0, 0.1) is 0 Å². The normalized spacial score (nSPS) is 28.8. The van der Waals surface area contributed by atoms with Crippen molar-refractivity contribution in [3.63, 3.8) is 0 Å². The number of ether oxygens (including phenoxy) is 1. The number of amides is 2. The molecule has 2 aromatic rings. The van der Waals surface area contributed by atoms with E-state index in [4.69, 9.17) is 10.5 Å². The highest BCUT2D eigenvalue weighted by Gasteiger charge is 2.55. The Hall–Kier alpha value is -2.57. The fourth-order valence-electron chi connectivity index (χ4n) is 5.88. The van der Waals surface area contributed by atoms with E-state index in [1.165, 1.54) is 5.56 Å². The van der Waals surface area contributed by atoms with Gasteiger partial charge in [-0.15, -0.1) is 0 Å². The summed E-state index contributed by atoms with van der Waals surface area (Å²) in [5.74, 6) is 0.810. The van der Waals surface area contributed by atoms with Gasteiger partial charge in [0.15, 0.2) is 0 Å². The average Bonchev–Trinajstić information content (AvgIpc) is 3.07. The van der Waals surface area contributed by atoms with Gasteiger partial charge in [0.05, 0.1) is 24.8 Å². The minimum Gasteiger partial charge on any atom is -0.497 e. The zero-order valence-corrected chi connectivity index (χ0v) is 19.5. The Kier molecular flexibility index (Phi) is 5.61. The zero-order valence-electron chi connectivity index (χ0n) is 19.5. The Morgan fingerprint density at radius 3 is 2.21 bits per heavy atom. The molecule has 3 fully saturated rings. The lowest BCUT2D eigenvalue weighted by atomic mass is 9.69. The van der Waals surface area contributed by atoms with E-state index < -0.39 is 5.60 Å². The Morgan fingerprint density at radius 2 is 1.64 bits per heavy atom. The maximum atomic E-state index is 13.6. The van der Waals surface area contributed by atoms with Crippen LogP contribution >= 0.6 is 0 Å². The van der Waals surface area contributed by atoms with Gasteiger partial charge in [-0.2, -0.15) is 0 Å². The molecule has 2 aliphatic carbocycles. The summed E-state index contributed by atoms with van der Waals surface area (Å²) in [4.78, 5) is 17.6. The summed E-state index contributed by atoms with van der Waals surface area (Å²) in [6, 6.07) is 18.3. The first-order valence-electron chi connectivity index (χ1n) is 12.1. The number of methoxy groups -OCH3 is 1. The van der Waals surface area contributed by atoms with E-state index in [1.807, 2.05) is 52.3 Å². The van der Waals surface area contributed by atoms with Crippen molar-refractivity contribution >= 4 is 6.03 Å². The maximum absolute atomic E-state index is 13.6. The van der Waals surface area contributed by atoms with Crippen molar-refractivity contribution in [2.75, 3.05) is 20.2 Å². The summed E-state index contributed by atoms with van der Waals surface area (Å²) in [5, 5.41) is 11.0. The van der Waals surface area contributed by atoms with Crippen molar-refractivity contribution in [1.29, 1.82) is 0 Å². The molecule has 3 N–H and O–H groups in total. The van der Waals surface area contributed by atoms with Crippen molar-refractivity contribution < 1.29 is 14.6 Å². The van der Waals surface area contributed by atoms with Crippen LogP contribution < -0.4 is 10.5 Å². The van der Waals surface area contributed by atoms with Gasteiger partial charge in [-0.25, -0.2) is 4.79 Å². The smallest absolute Gasteiger partial charge is 0.321 e. The molecule has 2 saturated carbocycles. The summed E-state index contributed by atoms with van der Waals surface area (Å²) in [5.41, 5.74) is 7.76. The second-order valence-electron chi connectivity index (χ2n) is 10.4. The minimum atomic E-state index is -0.741. The van der Waals surface area contributed by atoms with Gasteiger partial charge >= 0.3 is 6.03 Å². The van der Waals surface area contributed by atoms with Gasteiger partial charge in [0.2, 0.25) is 0 Å². The lowest BCUT2D eigenvalue weighted by Crippen LogP contribution is -2.59. The Morgan fingerprint density at radius 1 is 0.970 bits per heavy atom.